The maximum atomic E-state index is 8.75. The maximum Gasteiger partial charge on any atom is 0.103 e. The number of aliphatic hydroxyl groups excluding tert-OH is 1. The Bertz CT molecular complexity index is 241. The second-order valence-corrected chi connectivity index (χ2v) is 2.16. The van der Waals surface area contributed by atoms with Crippen LogP contribution >= 0.6 is 0 Å². The van der Waals surface area contributed by atoms with Crippen molar-refractivity contribution in [3.63, 3.8) is 0 Å². The predicted molar refractivity (Wildman–Crippen MR) is 46.1 cm³/mol. The Morgan fingerprint density at radius 1 is 1.36 bits per heavy atom. The van der Waals surface area contributed by atoms with E-state index in [2.05, 4.69) is 5.32 Å². The maximum absolute atomic E-state index is 8.75. The third-order valence-electron chi connectivity index (χ3n) is 1.48. The SMILES string of the molecule is CN/C(=C\O)c1ccccc1. The highest BCUT2D eigenvalue weighted by atomic mass is 16.2. The van der Waals surface area contributed by atoms with Crippen LogP contribution in [0, 0.1) is 0 Å². The van der Waals surface area contributed by atoms with Crippen LogP contribution < -0.4 is 5.32 Å². The van der Waals surface area contributed by atoms with Gasteiger partial charge in [0.05, 0.1) is 5.70 Å². The second kappa shape index (κ2) is 3.66. The van der Waals surface area contributed by atoms with Crippen LogP contribution in [0.4, 0.5) is 0 Å². The molecule has 0 amide bonds. The van der Waals surface area contributed by atoms with Crippen LogP contribution in [-0.2, 0) is 0 Å². The van der Waals surface area contributed by atoms with Gasteiger partial charge in [-0.05, 0) is 0 Å². The summed E-state index contributed by atoms with van der Waals surface area (Å²) in [5.74, 6) is 0. The summed E-state index contributed by atoms with van der Waals surface area (Å²) < 4.78 is 0. The molecule has 1 aromatic carbocycles. The van der Waals surface area contributed by atoms with Crippen molar-refractivity contribution in [1.29, 1.82) is 0 Å². The van der Waals surface area contributed by atoms with Gasteiger partial charge in [0, 0.05) is 12.6 Å². The Morgan fingerprint density at radius 3 is 2.45 bits per heavy atom. The number of hydrogen-bond acceptors (Lipinski definition) is 2. The second-order valence-electron chi connectivity index (χ2n) is 2.16. The van der Waals surface area contributed by atoms with Crippen molar-refractivity contribution in [2.75, 3.05) is 7.05 Å². The van der Waals surface area contributed by atoms with Gasteiger partial charge in [-0.1, -0.05) is 30.3 Å². The van der Waals surface area contributed by atoms with Crippen LogP contribution in [0.1, 0.15) is 5.56 Å². The van der Waals surface area contributed by atoms with Crippen LogP contribution in [0.2, 0.25) is 0 Å². The minimum absolute atomic E-state index is 0.727. The van der Waals surface area contributed by atoms with Gasteiger partial charge in [-0.2, -0.15) is 0 Å². The number of benzene rings is 1. The van der Waals surface area contributed by atoms with E-state index >= 15 is 0 Å². The predicted octanol–water partition coefficient (Wildman–Crippen LogP) is 1.76. The molecule has 58 valence electrons. The summed E-state index contributed by atoms with van der Waals surface area (Å²) in [5, 5.41) is 11.6. The number of rotatable bonds is 2. The molecule has 0 aliphatic heterocycles. The van der Waals surface area contributed by atoms with Gasteiger partial charge in [-0.3, -0.25) is 0 Å². The zero-order valence-corrected chi connectivity index (χ0v) is 6.41. The van der Waals surface area contributed by atoms with Crippen LogP contribution in [0.3, 0.4) is 0 Å². The van der Waals surface area contributed by atoms with Crippen LogP contribution in [-0.4, -0.2) is 12.2 Å². The van der Waals surface area contributed by atoms with E-state index in [4.69, 9.17) is 5.11 Å². The van der Waals surface area contributed by atoms with Gasteiger partial charge in [0.15, 0.2) is 0 Å². The lowest BCUT2D eigenvalue weighted by Crippen LogP contribution is -2.03. The molecule has 2 N–H and O–H groups in total. The molecular weight excluding hydrogens is 138 g/mol. The molecule has 0 atom stereocenters. The molecule has 0 bridgehead atoms. The average molecular weight is 149 g/mol. The Kier molecular flexibility index (Phi) is 2.55. The molecule has 1 aromatic rings. The highest BCUT2D eigenvalue weighted by Crippen LogP contribution is 2.08. The fourth-order valence-corrected chi connectivity index (χ4v) is 0.901. The zero-order valence-electron chi connectivity index (χ0n) is 6.41. The van der Waals surface area contributed by atoms with E-state index in [1.807, 2.05) is 30.3 Å². The van der Waals surface area contributed by atoms with Gasteiger partial charge < -0.3 is 10.4 Å². The van der Waals surface area contributed by atoms with Crippen molar-refractivity contribution in [3.8, 4) is 0 Å². The zero-order chi connectivity index (χ0) is 8.10. The lowest BCUT2D eigenvalue weighted by molar-refractivity contribution is 0.473. The number of aliphatic hydroxyl groups is 1. The molecule has 0 aliphatic carbocycles. The molecule has 1 rings (SSSR count). The summed E-state index contributed by atoms with van der Waals surface area (Å²) in [6, 6.07) is 9.65. The fourth-order valence-electron chi connectivity index (χ4n) is 0.901. The minimum Gasteiger partial charge on any atom is -0.513 e. The molecule has 0 saturated heterocycles. The van der Waals surface area contributed by atoms with E-state index < -0.39 is 0 Å². The molecule has 2 heteroatoms. The monoisotopic (exact) mass is 149 g/mol. The molecule has 11 heavy (non-hydrogen) atoms. The Morgan fingerprint density at radius 2 is 2.00 bits per heavy atom. The summed E-state index contributed by atoms with van der Waals surface area (Å²) in [6.45, 7) is 0. The Labute approximate surface area is 66.2 Å². The van der Waals surface area contributed by atoms with Crippen molar-refractivity contribution < 1.29 is 5.11 Å². The smallest absolute Gasteiger partial charge is 0.103 e. The van der Waals surface area contributed by atoms with Gasteiger partial charge >= 0.3 is 0 Å². The van der Waals surface area contributed by atoms with E-state index in [9.17, 15) is 0 Å². The van der Waals surface area contributed by atoms with E-state index in [0.29, 0.717) is 0 Å². The van der Waals surface area contributed by atoms with Gasteiger partial charge in [0.2, 0.25) is 0 Å². The molecule has 0 spiro atoms. The van der Waals surface area contributed by atoms with Crippen molar-refractivity contribution in [2.45, 2.75) is 0 Å². The number of nitrogens with one attached hydrogen (secondary N) is 1. The first-order valence-corrected chi connectivity index (χ1v) is 3.46. The largest absolute Gasteiger partial charge is 0.513 e. The van der Waals surface area contributed by atoms with Gasteiger partial charge in [-0.25, -0.2) is 0 Å². The standard InChI is InChI=1S/C9H11NO/c1-10-9(7-11)8-5-3-2-4-6-8/h2-7,10-11H,1H3/b9-7-. The minimum atomic E-state index is 0.727. The summed E-state index contributed by atoms with van der Waals surface area (Å²) in [7, 11) is 1.77. The van der Waals surface area contributed by atoms with Crippen molar-refractivity contribution in [2.24, 2.45) is 0 Å². The molecule has 0 unspecified atom stereocenters. The summed E-state index contributed by atoms with van der Waals surface area (Å²) in [4.78, 5) is 0. The van der Waals surface area contributed by atoms with E-state index in [1.54, 1.807) is 7.05 Å². The molecular formula is C9H11NO. The number of hydrogen-bond donors (Lipinski definition) is 2. The first-order chi connectivity index (χ1) is 5.38. The molecule has 0 heterocycles. The molecule has 0 aromatic heterocycles. The van der Waals surface area contributed by atoms with Crippen molar-refractivity contribution in [3.05, 3.63) is 42.2 Å². The topological polar surface area (TPSA) is 32.3 Å². The quantitative estimate of drug-likeness (QED) is 0.628. The average Bonchev–Trinajstić information content (AvgIpc) is 2.09. The van der Waals surface area contributed by atoms with E-state index in [1.165, 1.54) is 0 Å². The molecule has 2 nitrogen and oxygen atoms in total. The molecule has 0 fully saturated rings. The van der Waals surface area contributed by atoms with E-state index in [0.717, 1.165) is 17.5 Å². The van der Waals surface area contributed by atoms with Crippen LogP contribution in [0.15, 0.2) is 36.6 Å². The van der Waals surface area contributed by atoms with Gasteiger partial charge in [-0.15, -0.1) is 0 Å². The highest BCUT2D eigenvalue weighted by molar-refractivity contribution is 5.62. The third-order valence-corrected chi connectivity index (χ3v) is 1.48. The molecule has 0 aliphatic rings. The molecule has 0 saturated carbocycles. The summed E-state index contributed by atoms with van der Waals surface area (Å²) in [6.07, 6.45) is 1.06. The lowest BCUT2D eigenvalue weighted by atomic mass is 10.2. The molecule has 0 radical (unpaired) electrons. The third kappa shape index (κ3) is 1.74. The highest BCUT2D eigenvalue weighted by Gasteiger charge is 1.94. The van der Waals surface area contributed by atoms with Crippen molar-refractivity contribution in [1.82, 2.24) is 5.32 Å². The Balaban J connectivity index is 2.92. The Hall–Kier alpha value is -1.44. The fraction of sp³-hybridized carbons (Fsp3) is 0.111. The van der Waals surface area contributed by atoms with Gasteiger partial charge in [0.25, 0.3) is 0 Å². The van der Waals surface area contributed by atoms with Crippen molar-refractivity contribution >= 4 is 5.70 Å². The lowest BCUT2D eigenvalue weighted by Gasteiger charge is -2.03. The summed E-state index contributed by atoms with van der Waals surface area (Å²) in [5.41, 5.74) is 1.71. The van der Waals surface area contributed by atoms with Crippen LogP contribution in [0.25, 0.3) is 5.70 Å². The summed E-state index contributed by atoms with van der Waals surface area (Å²) >= 11 is 0. The van der Waals surface area contributed by atoms with E-state index in [-0.39, 0.29) is 0 Å². The van der Waals surface area contributed by atoms with Gasteiger partial charge in [0.1, 0.15) is 6.26 Å². The first kappa shape index (κ1) is 7.66. The van der Waals surface area contributed by atoms with Crippen LogP contribution in [0.5, 0.6) is 0 Å². The normalized spacial score (nSPS) is 11.2. The first-order valence-electron chi connectivity index (χ1n) is 3.46.